The maximum atomic E-state index is 12.8. The minimum absolute atomic E-state index is 0.0446. The van der Waals surface area contributed by atoms with Gasteiger partial charge in [-0.05, 0) is 65.9 Å². The molecule has 4 aromatic rings. The highest BCUT2D eigenvalue weighted by molar-refractivity contribution is 6.04. The smallest absolute Gasteiger partial charge is 0.255 e. The third kappa shape index (κ3) is 5.41. The number of nitrogens with zero attached hydrogens (tertiary/aromatic N) is 3. The molecule has 0 radical (unpaired) electrons. The van der Waals surface area contributed by atoms with Crippen LogP contribution in [-0.4, -0.2) is 20.9 Å². The monoisotopic (exact) mass is 437 g/mol. The number of carbonyl (C=O) groups is 1. The van der Waals surface area contributed by atoms with Gasteiger partial charge in [-0.15, -0.1) is 0 Å². The van der Waals surface area contributed by atoms with E-state index in [9.17, 15) is 4.79 Å². The number of aryl methyl sites for hydroxylation is 1. The molecular weight excluding hydrogens is 410 g/mol. The Balaban J connectivity index is 1.51. The van der Waals surface area contributed by atoms with E-state index in [0.717, 1.165) is 22.5 Å². The predicted octanol–water partition coefficient (Wildman–Crippen LogP) is 6.14. The molecule has 0 saturated heterocycles. The van der Waals surface area contributed by atoms with Crippen LogP contribution < -0.4 is 10.6 Å². The van der Waals surface area contributed by atoms with Crippen LogP contribution in [0.5, 0.6) is 0 Å². The Morgan fingerprint density at radius 3 is 2.42 bits per heavy atom. The van der Waals surface area contributed by atoms with Crippen LogP contribution in [0.25, 0.3) is 11.3 Å². The van der Waals surface area contributed by atoms with Crippen LogP contribution in [0.1, 0.15) is 42.3 Å². The maximum Gasteiger partial charge on any atom is 0.255 e. The lowest BCUT2D eigenvalue weighted by molar-refractivity contribution is 0.102. The molecule has 0 aliphatic rings. The van der Waals surface area contributed by atoms with E-state index in [2.05, 4.69) is 46.4 Å². The molecule has 0 aliphatic carbocycles. The average Bonchev–Trinajstić information content (AvgIpc) is 2.81. The summed E-state index contributed by atoms with van der Waals surface area (Å²) in [6, 6.07) is 19.1. The van der Waals surface area contributed by atoms with Gasteiger partial charge in [0.25, 0.3) is 5.91 Å². The largest absolute Gasteiger partial charge is 0.324 e. The summed E-state index contributed by atoms with van der Waals surface area (Å²) >= 11 is 0. The molecule has 2 aromatic heterocycles. The van der Waals surface area contributed by atoms with Crippen molar-refractivity contribution in [3.05, 3.63) is 95.9 Å². The summed E-state index contributed by atoms with van der Waals surface area (Å²) in [7, 11) is 0. The first kappa shape index (κ1) is 22.1. The summed E-state index contributed by atoms with van der Waals surface area (Å²) in [6.45, 7) is 8.45. The average molecular weight is 438 g/mol. The van der Waals surface area contributed by atoms with Gasteiger partial charge in [0.1, 0.15) is 0 Å². The zero-order chi connectivity index (χ0) is 23.4. The van der Waals surface area contributed by atoms with Crippen LogP contribution in [0.2, 0.25) is 0 Å². The van der Waals surface area contributed by atoms with Crippen molar-refractivity contribution < 1.29 is 4.79 Å². The SMILES string of the molecule is Cc1ccc(NC(=O)c2ccc(C(C)(C)C)cc2)cc1Nc1nccc(-c2cccnc2)n1. The van der Waals surface area contributed by atoms with Gasteiger partial charge in [0.15, 0.2) is 0 Å². The lowest BCUT2D eigenvalue weighted by Crippen LogP contribution is -2.14. The zero-order valence-electron chi connectivity index (χ0n) is 19.3. The van der Waals surface area contributed by atoms with Gasteiger partial charge in [-0.3, -0.25) is 9.78 Å². The van der Waals surface area contributed by atoms with Crippen molar-refractivity contribution in [3.63, 3.8) is 0 Å². The van der Waals surface area contributed by atoms with Crippen molar-refractivity contribution in [1.82, 2.24) is 15.0 Å². The minimum Gasteiger partial charge on any atom is -0.324 e. The number of amides is 1. The van der Waals surface area contributed by atoms with Crippen molar-refractivity contribution in [3.8, 4) is 11.3 Å². The number of aromatic nitrogens is 3. The van der Waals surface area contributed by atoms with E-state index in [1.54, 1.807) is 18.6 Å². The van der Waals surface area contributed by atoms with Crippen LogP contribution in [0.4, 0.5) is 17.3 Å². The molecule has 1 amide bonds. The van der Waals surface area contributed by atoms with E-state index in [-0.39, 0.29) is 11.3 Å². The van der Waals surface area contributed by atoms with Crippen LogP contribution in [0.3, 0.4) is 0 Å². The maximum absolute atomic E-state index is 12.8. The molecule has 2 aromatic carbocycles. The zero-order valence-corrected chi connectivity index (χ0v) is 19.3. The van der Waals surface area contributed by atoms with E-state index >= 15 is 0 Å². The number of hydrogen-bond donors (Lipinski definition) is 2. The first-order valence-corrected chi connectivity index (χ1v) is 10.8. The lowest BCUT2D eigenvalue weighted by atomic mass is 9.87. The van der Waals surface area contributed by atoms with Crippen LogP contribution in [-0.2, 0) is 5.41 Å². The van der Waals surface area contributed by atoms with Gasteiger partial charge in [-0.2, -0.15) is 0 Å². The second kappa shape index (κ2) is 9.20. The van der Waals surface area contributed by atoms with Crippen molar-refractivity contribution in [1.29, 1.82) is 0 Å². The lowest BCUT2D eigenvalue weighted by Gasteiger charge is -2.19. The molecule has 2 N–H and O–H groups in total. The summed E-state index contributed by atoms with van der Waals surface area (Å²) in [4.78, 5) is 25.9. The summed E-state index contributed by atoms with van der Waals surface area (Å²) in [5.41, 5.74) is 6.07. The highest BCUT2D eigenvalue weighted by atomic mass is 16.1. The predicted molar refractivity (Wildman–Crippen MR) is 133 cm³/mol. The summed E-state index contributed by atoms with van der Waals surface area (Å²) in [6.07, 6.45) is 5.20. The molecule has 0 aliphatic heterocycles. The second-order valence-electron chi connectivity index (χ2n) is 8.94. The molecule has 0 atom stereocenters. The molecule has 33 heavy (non-hydrogen) atoms. The molecular formula is C27H27N5O. The van der Waals surface area contributed by atoms with E-state index in [1.165, 1.54) is 5.56 Å². The summed E-state index contributed by atoms with van der Waals surface area (Å²) < 4.78 is 0. The molecule has 0 unspecified atom stereocenters. The minimum atomic E-state index is -0.153. The first-order valence-electron chi connectivity index (χ1n) is 10.8. The van der Waals surface area contributed by atoms with Gasteiger partial charge in [0.05, 0.1) is 5.69 Å². The van der Waals surface area contributed by atoms with Crippen LogP contribution in [0.15, 0.2) is 79.3 Å². The number of carbonyl (C=O) groups excluding carboxylic acids is 1. The van der Waals surface area contributed by atoms with E-state index < -0.39 is 0 Å². The van der Waals surface area contributed by atoms with Crippen LogP contribution >= 0.6 is 0 Å². The van der Waals surface area contributed by atoms with Crippen molar-refractivity contribution in [2.45, 2.75) is 33.1 Å². The fourth-order valence-electron chi connectivity index (χ4n) is 3.37. The Bertz CT molecular complexity index is 1260. The normalized spacial score (nSPS) is 11.2. The number of benzene rings is 2. The van der Waals surface area contributed by atoms with Gasteiger partial charge < -0.3 is 10.6 Å². The molecule has 0 saturated carbocycles. The third-order valence-electron chi connectivity index (χ3n) is 5.37. The van der Waals surface area contributed by atoms with Crippen LogP contribution in [0, 0.1) is 6.92 Å². The molecule has 0 fully saturated rings. The Morgan fingerprint density at radius 2 is 1.73 bits per heavy atom. The second-order valence-corrected chi connectivity index (χ2v) is 8.94. The highest BCUT2D eigenvalue weighted by Gasteiger charge is 2.15. The van der Waals surface area contributed by atoms with Gasteiger partial charge >= 0.3 is 0 Å². The first-order chi connectivity index (χ1) is 15.8. The third-order valence-corrected chi connectivity index (χ3v) is 5.37. The van der Waals surface area contributed by atoms with Gasteiger partial charge in [0.2, 0.25) is 5.95 Å². The molecule has 0 spiro atoms. The van der Waals surface area contributed by atoms with Gasteiger partial charge in [-0.1, -0.05) is 39.0 Å². The topological polar surface area (TPSA) is 79.8 Å². The number of nitrogens with one attached hydrogen (secondary N) is 2. The van der Waals surface area contributed by atoms with E-state index in [4.69, 9.17) is 0 Å². The Kier molecular flexibility index (Phi) is 6.18. The van der Waals surface area contributed by atoms with Crippen molar-refractivity contribution in [2.24, 2.45) is 0 Å². The van der Waals surface area contributed by atoms with Crippen molar-refractivity contribution >= 4 is 23.2 Å². The molecule has 6 heteroatoms. The number of rotatable bonds is 5. The molecule has 166 valence electrons. The molecule has 6 nitrogen and oxygen atoms in total. The number of anilines is 3. The number of pyridine rings is 1. The quantitative estimate of drug-likeness (QED) is 0.392. The van der Waals surface area contributed by atoms with Crippen molar-refractivity contribution in [2.75, 3.05) is 10.6 Å². The Hall–Kier alpha value is -4.06. The highest BCUT2D eigenvalue weighted by Crippen LogP contribution is 2.25. The summed E-state index contributed by atoms with van der Waals surface area (Å²) in [5, 5.41) is 6.24. The Labute approximate surface area is 194 Å². The molecule has 0 bridgehead atoms. The standard InChI is InChI=1S/C27H27N5O/c1-18-7-12-22(30-25(33)19-8-10-21(11-9-19)27(2,3)4)16-24(18)32-26-29-15-13-23(31-26)20-6-5-14-28-17-20/h5-17H,1-4H3,(H,30,33)(H,29,31,32). The molecule has 2 heterocycles. The molecule has 4 rings (SSSR count). The fraction of sp³-hybridized carbons (Fsp3) is 0.185. The Morgan fingerprint density at radius 1 is 0.939 bits per heavy atom. The number of hydrogen-bond acceptors (Lipinski definition) is 5. The summed E-state index contributed by atoms with van der Waals surface area (Å²) in [5.74, 6) is 0.320. The van der Waals surface area contributed by atoms with Gasteiger partial charge in [-0.25, -0.2) is 9.97 Å². The van der Waals surface area contributed by atoms with E-state index in [1.807, 2.05) is 67.6 Å². The van der Waals surface area contributed by atoms with E-state index in [0.29, 0.717) is 17.2 Å². The van der Waals surface area contributed by atoms with Gasteiger partial charge in [0, 0.05) is 41.1 Å². The fourth-order valence-corrected chi connectivity index (χ4v) is 3.37.